The Bertz CT molecular complexity index is 1190. The Hall–Kier alpha value is -3.74. The number of carbonyl (C=O) groups is 1. The number of fused-ring (bicyclic) bond motifs is 1. The van der Waals surface area contributed by atoms with Crippen LogP contribution in [-0.4, -0.2) is 57.0 Å². The lowest BCUT2D eigenvalue weighted by atomic mass is 10.0. The average molecular weight is 398 g/mol. The van der Waals surface area contributed by atoms with Crippen molar-refractivity contribution in [3.63, 3.8) is 0 Å². The minimum absolute atomic E-state index is 0.0851. The molecule has 0 aliphatic carbocycles. The van der Waals surface area contributed by atoms with Gasteiger partial charge in [-0.15, -0.1) is 10.2 Å². The van der Waals surface area contributed by atoms with Gasteiger partial charge in [-0.1, -0.05) is 36.4 Å². The first-order valence-corrected chi connectivity index (χ1v) is 10.1. The van der Waals surface area contributed by atoms with Crippen molar-refractivity contribution in [3.8, 4) is 5.82 Å². The predicted molar refractivity (Wildman–Crippen MR) is 116 cm³/mol. The Morgan fingerprint density at radius 1 is 0.833 bits per heavy atom. The molecule has 1 saturated heterocycles. The Balaban J connectivity index is 1.27. The zero-order chi connectivity index (χ0) is 20.5. The van der Waals surface area contributed by atoms with Crippen molar-refractivity contribution in [2.75, 3.05) is 31.1 Å². The number of anilines is 1. The van der Waals surface area contributed by atoms with Crippen LogP contribution in [0.4, 0.5) is 5.82 Å². The molecular formula is C23H22N6O. The zero-order valence-corrected chi connectivity index (χ0v) is 16.8. The van der Waals surface area contributed by atoms with Gasteiger partial charge in [-0.2, -0.15) is 5.10 Å². The van der Waals surface area contributed by atoms with Crippen molar-refractivity contribution in [1.29, 1.82) is 0 Å². The van der Waals surface area contributed by atoms with Crippen LogP contribution in [0.3, 0.4) is 0 Å². The molecule has 0 saturated carbocycles. The molecule has 2 aromatic carbocycles. The number of nitrogens with zero attached hydrogens (tertiary/aromatic N) is 6. The number of benzene rings is 2. The quantitative estimate of drug-likeness (QED) is 0.531. The molecule has 4 aromatic rings. The van der Waals surface area contributed by atoms with Crippen LogP contribution in [-0.2, 0) is 0 Å². The fourth-order valence-corrected chi connectivity index (χ4v) is 3.87. The second-order valence-corrected chi connectivity index (χ2v) is 7.46. The predicted octanol–water partition coefficient (Wildman–Crippen LogP) is 3.09. The van der Waals surface area contributed by atoms with E-state index >= 15 is 0 Å². The Morgan fingerprint density at radius 3 is 2.30 bits per heavy atom. The normalized spacial score (nSPS) is 14.3. The Labute approximate surface area is 174 Å². The second-order valence-electron chi connectivity index (χ2n) is 7.46. The molecule has 0 unspecified atom stereocenters. The number of rotatable bonds is 3. The summed E-state index contributed by atoms with van der Waals surface area (Å²) in [7, 11) is 0. The van der Waals surface area contributed by atoms with Gasteiger partial charge in [0.2, 0.25) is 0 Å². The first-order chi connectivity index (χ1) is 14.7. The van der Waals surface area contributed by atoms with Gasteiger partial charge in [-0.25, -0.2) is 4.68 Å². The van der Waals surface area contributed by atoms with Crippen molar-refractivity contribution in [3.05, 3.63) is 78.1 Å². The minimum Gasteiger partial charge on any atom is -0.352 e. The summed E-state index contributed by atoms with van der Waals surface area (Å²) in [6.45, 7) is 4.71. The topological polar surface area (TPSA) is 67.2 Å². The summed E-state index contributed by atoms with van der Waals surface area (Å²) in [4.78, 5) is 17.2. The van der Waals surface area contributed by atoms with Gasteiger partial charge >= 0.3 is 0 Å². The second kappa shape index (κ2) is 7.59. The van der Waals surface area contributed by atoms with Crippen molar-refractivity contribution in [2.24, 2.45) is 0 Å². The van der Waals surface area contributed by atoms with E-state index in [2.05, 4.69) is 20.2 Å². The monoisotopic (exact) mass is 398 g/mol. The summed E-state index contributed by atoms with van der Waals surface area (Å²) >= 11 is 0. The molecule has 2 aromatic heterocycles. The molecule has 0 atom stereocenters. The van der Waals surface area contributed by atoms with Crippen LogP contribution < -0.4 is 4.90 Å². The Morgan fingerprint density at radius 2 is 1.57 bits per heavy atom. The lowest BCUT2D eigenvalue weighted by Gasteiger charge is -2.35. The molecule has 7 nitrogen and oxygen atoms in total. The molecule has 30 heavy (non-hydrogen) atoms. The third-order valence-electron chi connectivity index (χ3n) is 5.50. The van der Waals surface area contributed by atoms with Crippen LogP contribution in [0.2, 0.25) is 0 Å². The van der Waals surface area contributed by atoms with Crippen LogP contribution in [0.15, 0.2) is 66.9 Å². The molecule has 0 radical (unpaired) electrons. The van der Waals surface area contributed by atoms with Gasteiger partial charge in [0.15, 0.2) is 11.6 Å². The standard InChI is InChI=1S/C23H22N6O/c1-17-11-12-29(26-17)22-10-9-21(24-25-22)27-13-15-28(16-14-27)23(30)20-8-4-6-18-5-2-3-7-19(18)20/h2-12H,13-16H2,1H3. The van der Waals surface area contributed by atoms with E-state index in [4.69, 9.17) is 0 Å². The van der Waals surface area contributed by atoms with Gasteiger partial charge in [0.05, 0.1) is 5.69 Å². The molecule has 1 amide bonds. The maximum Gasteiger partial charge on any atom is 0.254 e. The molecule has 3 heterocycles. The summed E-state index contributed by atoms with van der Waals surface area (Å²) in [6.07, 6.45) is 1.87. The van der Waals surface area contributed by atoms with Crippen LogP contribution >= 0.6 is 0 Å². The van der Waals surface area contributed by atoms with E-state index < -0.39 is 0 Å². The number of amides is 1. The van der Waals surface area contributed by atoms with E-state index in [9.17, 15) is 4.79 Å². The zero-order valence-electron chi connectivity index (χ0n) is 16.8. The highest BCUT2D eigenvalue weighted by molar-refractivity contribution is 6.07. The van der Waals surface area contributed by atoms with Gasteiger partial charge in [-0.05, 0) is 42.0 Å². The van der Waals surface area contributed by atoms with E-state index in [1.165, 1.54) is 0 Å². The average Bonchev–Trinajstić information content (AvgIpc) is 3.25. The number of aryl methyl sites for hydroxylation is 1. The largest absolute Gasteiger partial charge is 0.352 e. The molecule has 0 spiro atoms. The number of hydrogen-bond donors (Lipinski definition) is 0. The van der Waals surface area contributed by atoms with Gasteiger partial charge in [0.25, 0.3) is 5.91 Å². The molecule has 0 bridgehead atoms. The highest BCUT2D eigenvalue weighted by Crippen LogP contribution is 2.21. The smallest absolute Gasteiger partial charge is 0.254 e. The number of piperazine rings is 1. The number of aromatic nitrogens is 4. The minimum atomic E-state index is 0.0851. The third kappa shape index (κ3) is 3.39. The molecule has 7 heteroatoms. The summed E-state index contributed by atoms with van der Waals surface area (Å²) in [5.41, 5.74) is 1.70. The maximum absolute atomic E-state index is 13.1. The molecule has 1 aliphatic rings. The van der Waals surface area contributed by atoms with Gasteiger partial charge in [-0.3, -0.25) is 4.79 Å². The van der Waals surface area contributed by atoms with E-state index in [0.29, 0.717) is 18.9 Å². The van der Waals surface area contributed by atoms with Crippen LogP contribution in [0.1, 0.15) is 16.1 Å². The van der Waals surface area contributed by atoms with Gasteiger partial charge in [0, 0.05) is 37.9 Å². The molecular weight excluding hydrogens is 376 g/mol. The summed E-state index contributed by atoms with van der Waals surface area (Å²) in [6, 6.07) is 19.7. The molecule has 1 fully saturated rings. The molecule has 0 N–H and O–H groups in total. The number of hydrogen-bond acceptors (Lipinski definition) is 5. The fourth-order valence-electron chi connectivity index (χ4n) is 3.87. The van der Waals surface area contributed by atoms with E-state index in [1.807, 2.05) is 78.7 Å². The lowest BCUT2D eigenvalue weighted by molar-refractivity contribution is 0.0748. The van der Waals surface area contributed by atoms with Crippen LogP contribution in [0.5, 0.6) is 0 Å². The van der Waals surface area contributed by atoms with Crippen molar-refractivity contribution in [2.45, 2.75) is 6.92 Å². The van der Waals surface area contributed by atoms with E-state index in [-0.39, 0.29) is 5.91 Å². The summed E-state index contributed by atoms with van der Waals surface area (Å²) < 4.78 is 1.72. The SMILES string of the molecule is Cc1ccn(-c2ccc(N3CCN(C(=O)c4cccc5ccccc45)CC3)nn2)n1. The van der Waals surface area contributed by atoms with Crippen molar-refractivity contribution >= 4 is 22.5 Å². The van der Waals surface area contributed by atoms with Crippen LogP contribution in [0.25, 0.3) is 16.6 Å². The lowest BCUT2D eigenvalue weighted by Crippen LogP contribution is -2.49. The van der Waals surface area contributed by atoms with E-state index in [1.54, 1.807) is 4.68 Å². The van der Waals surface area contributed by atoms with Crippen molar-refractivity contribution < 1.29 is 4.79 Å². The highest BCUT2D eigenvalue weighted by atomic mass is 16.2. The first-order valence-electron chi connectivity index (χ1n) is 10.1. The third-order valence-corrected chi connectivity index (χ3v) is 5.50. The molecule has 150 valence electrons. The molecule has 1 aliphatic heterocycles. The van der Waals surface area contributed by atoms with Gasteiger partial charge < -0.3 is 9.80 Å². The molecule has 5 rings (SSSR count). The maximum atomic E-state index is 13.1. The first kappa shape index (κ1) is 18.3. The summed E-state index contributed by atoms with van der Waals surface area (Å²) in [5.74, 6) is 1.60. The highest BCUT2D eigenvalue weighted by Gasteiger charge is 2.24. The van der Waals surface area contributed by atoms with E-state index in [0.717, 1.165) is 40.9 Å². The van der Waals surface area contributed by atoms with Crippen LogP contribution in [0, 0.1) is 6.92 Å². The number of carbonyl (C=O) groups excluding carboxylic acids is 1. The van der Waals surface area contributed by atoms with Gasteiger partial charge in [0.1, 0.15) is 0 Å². The Kier molecular flexibility index (Phi) is 4.63. The summed E-state index contributed by atoms with van der Waals surface area (Å²) in [5, 5.41) is 15.1. The fraction of sp³-hybridized carbons (Fsp3) is 0.217. The van der Waals surface area contributed by atoms with Crippen molar-refractivity contribution in [1.82, 2.24) is 24.9 Å².